The van der Waals surface area contributed by atoms with Gasteiger partial charge in [-0.15, -0.1) is 24.0 Å². The van der Waals surface area contributed by atoms with E-state index in [0.29, 0.717) is 24.6 Å². The van der Waals surface area contributed by atoms with Crippen LogP contribution in [0.15, 0.2) is 29.3 Å². The van der Waals surface area contributed by atoms with Gasteiger partial charge in [-0.1, -0.05) is 11.6 Å². The van der Waals surface area contributed by atoms with Gasteiger partial charge in [0, 0.05) is 32.1 Å². The molecular formula is C17H27ClIN3O3. The van der Waals surface area contributed by atoms with Crippen LogP contribution in [0.5, 0.6) is 5.75 Å². The van der Waals surface area contributed by atoms with Gasteiger partial charge < -0.3 is 19.7 Å². The van der Waals surface area contributed by atoms with Crippen molar-refractivity contribution in [1.82, 2.24) is 10.2 Å². The summed E-state index contributed by atoms with van der Waals surface area (Å²) in [5.41, 5.74) is 0. The van der Waals surface area contributed by atoms with Crippen molar-refractivity contribution in [3.05, 3.63) is 29.3 Å². The molecule has 0 aliphatic carbocycles. The number of nitrogens with zero attached hydrogens (tertiary/aromatic N) is 2. The maximum Gasteiger partial charge on any atom is 0.305 e. The quantitative estimate of drug-likeness (QED) is 0.192. The second-order valence-electron chi connectivity index (χ2n) is 5.23. The van der Waals surface area contributed by atoms with Crippen LogP contribution in [-0.2, 0) is 9.53 Å². The molecule has 1 rings (SSSR count). The number of likely N-dealkylation sites (N-methyl/N-ethyl adjacent to an activating group) is 1. The smallest absolute Gasteiger partial charge is 0.305 e. The number of aliphatic imine (C=N–C) groups is 1. The number of methoxy groups -OCH3 is 1. The van der Waals surface area contributed by atoms with Crippen molar-refractivity contribution in [3.63, 3.8) is 0 Å². The number of ether oxygens (including phenoxy) is 2. The third kappa shape index (κ3) is 10.4. The SMILES string of the molecule is CN=C(NCCCCC(=O)OC)N(C)CCOc1ccc(Cl)cc1.I. The Morgan fingerprint density at radius 2 is 1.96 bits per heavy atom. The molecule has 0 aliphatic rings. The van der Waals surface area contributed by atoms with E-state index >= 15 is 0 Å². The number of nitrogens with one attached hydrogen (secondary N) is 1. The topological polar surface area (TPSA) is 63.2 Å². The number of rotatable bonds is 9. The lowest BCUT2D eigenvalue weighted by Gasteiger charge is -2.22. The number of hydrogen-bond acceptors (Lipinski definition) is 4. The molecule has 0 amide bonds. The number of hydrogen-bond donors (Lipinski definition) is 1. The minimum atomic E-state index is -0.171. The molecule has 0 saturated heterocycles. The Bertz CT molecular complexity index is 526. The summed E-state index contributed by atoms with van der Waals surface area (Å²) < 4.78 is 10.3. The molecule has 0 atom stereocenters. The summed E-state index contributed by atoms with van der Waals surface area (Å²) in [6.45, 7) is 2.00. The van der Waals surface area contributed by atoms with E-state index in [1.807, 2.05) is 24.1 Å². The Hall–Kier alpha value is -1.22. The second kappa shape index (κ2) is 14.0. The molecule has 0 heterocycles. The lowest BCUT2D eigenvalue weighted by molar-refractivity contribution is -0.140. The highest BCUT2D eigenvalue weighted by Crippen LogP contribution is 2.15. The van der Waals surface area contributed by atoms with E-state index in [9.17, 15) is 4.79 Å². The fourth-order valence-corrected chi connectivity index (χ4v) is 2.14. The first-order valence-electron chi connectivity index (χ1n) is 7.93. The number of carbonyl (C=O) groups excluding carboxylic acids is 1. The number of unbranched alkanes of at least 4 members (excludes halogenated alkanes) is 1. The second-order valence-corrected chi connectivity index (χ2v) is 5.67. The molecule has 0 spiro atoms. The zero-order valence-electron chi connectivity index (χ0n) is 15.0. The van der Waals surface area contributed by atoms with E-state index in [1.165, 1.54) is 7.11 Å². The summed E-state index contributed by atoms with van der Waals surface area (Å²) in [6, 6.07) is 7.29. The van der Waals surface area contributed by atoms with E-state index in [-0.39, 0.29) is 29.9 Å². The summed E-state index contributed by atoms with van der Waals surface area (Å²) in [6.07, 6.45) is 2.12. The molecule has 1 N–H and O–H groups in total. The summed E-state index contributed by atoms with van der Waals surface area (Å²) in [5.74, 6) is 1.42. The van der Waals surface area contributed by atoms with Gasteiger partial charge in [0.2, 0.25) is 0 Å². The largest absolute Gasteiger partial charge is 0.492 e. The highest BCUT2D eigenvalue weighted by Gasteiger charge is 2.06. The number of carbonyl (C=O) groups is 1. The van der Waals surface area contributed by atoms with Crippen molar-refractivity contribution >= 4 is 47.5 Å². The van der Waals surface area contributed by atoms with E-state index in [4.69, 9.17) is 16.3 Å². The average molecular weight is 484 g/mol. The van der Waals surface area contributed by atoms with Gasteiger partial charge in [0.25, 0.3) is 0 Å². The predicted molar refractivity (Wildman–Crippen MR) is 112 cm³/mol. The van der Waals surface area contributed by atoms with Gasteiger partial charge in [-0.2, -0.15) is 0 Å². The van der Waals surface area contributed by atoms with Crippen LogP contribution in [0.3, 0.4) is 0 Å². The van der Waals surface area contributed by atoms with Crippen molar-refractivity contribution in [2.24, 2.45) is 4.99 Å². The van der Waals surface area contributed by atoms with Crippen LogP contribution in [0.25, 0.3) is 0 Å². The highest BCUT2D eigenvalue weighted by atomic mass is 127. The van der Waals surface area contributed by atoms with Gasteiger partial charge in [-0.3, -0.25) is 9.79 Å². The Balaban J connectivity index is 0.00000576. The predicted octanol–water partition coefficient (Wildman–Crippen LogP) is 3.19. The van der Waals surface area contributed by atoms with Gasteiger partial charge >= 0.3 is 5.97 Å². The summed E-state index contributed by atoms with van der Waals surface area (Å²) in [7, 11) is 5.10. The van der Waals surface area contributed by atoms with E-state index in [1.54, 1.807) is 19.2 Å². The van der Waals surface area contributed by atoms with Crippen molar-refractivity contribution in [3.8, 4) is 5.75 Å². The zero-order chi connectivity index (χ0) is 17.8. The van der Waals surface area contributed by atoms with Gasteiger partial charge in [0.15, 0.2) is 5.96 Å². The van der Waals surface area contributed by atoms with Crippen molar-refractivity contribution in [2.75, 3.05) is 40.9 Å². The van der Waals surface area contributed by atoms with Crippen LogP contribution in [-0.4, -0.2) is 57.7 Å². The molecule has 1 aromatic carbocycles. The minimum absolute atomic E-state index is 0. The average Bonchev–Trinajstić information content (AvgIpc) is 2.59. The molecule has 25 heavy (non-hydrogen) atoms. The molecule has 0 aromatic heterocycles. The van der Waals surface area contributed by atoms with Gasteiger partial charge in [0.1, 0.15) is 12.4 Å². The van der Waals surface area contributed by atoms with E-state index < -0.39 is 0 Å². The Labute approximate surface area is 171 Å². The maximum atomic E-state index is 11.0. The molecule has 0 bridgehead atoms. The fraction of sp³-hybridized carbons (Fsp3) is 0.529. The summed E-state index contributed by atoms with van der Waals surface area (Å²) in [5, 5.41) is 3.96. The normalized spacial score (nSPS) is 10.6. The van der Waals surface area contributed by atoms with E-state index in [0.717, 1.165) is 31.1 Å². The lowest BCUT2D eigenvalue weighted by Crippen LogP contribution is -2.41. The van der Waals surface area contributed by atoms with Crippen LogP contribution in [0.4, 0.5) is 0 Å². The Morgan fingerprint density at radius 3 is 2.56 bits per heavy atom. The Kier molecular flexibility index (Phi) is 13.3. The molecule has 8 heteroatoms. The first kappa shape index (κ1) is 23.8. The standard InChI is InChI=1S/C17H26ClN3O3.HI/c1-19-17(20-11-5-4-6-16(22)23-3)21(2)12-13-24-15-9-7-14(18)8-10-15;/h7-10H,4-6,11-13H2,1-3H3,(H,19,20);1H. The molecule has 0 unspecified atom stereocenters. The van der Waals surface area contributed by atoms with Crippen LogP contribution in [0.2, 0.25) is 5.02 Å². The molecule has 6 nitrogen and oxygen atoms in total. The third-order valence-corrected chi connectivity index (χ3v) is 3.65. The third-order valence-electron chi connectivity index (χ3n) is 3.40. The molecule has 0 fully saturated rings. The van der Waals surface area contributed by atoms with Crippen molar-refractivity contribution in [2.45, 2.75) is 19.3 Å². The van der Waals surface area contributed by atoms with Gasteiger partial charge in [-0.05, 0) is 37.1 Å². The molecule has 142 valence electrons. The van der Waals surface area contributed by atoms with Crippen LogP contribution < -0.4 is 10.1 Å². The van der Waals surface area contributed by atoms with Gasteiger partial charge in [-0.25, -0.2) is 0 Å². The molecule has 0 radical (unpaired) electrons. The number of esters is 1. The zero-order valence-corrected chi connectivity index (χ0v) is 18.0. The summed E-state index contributed by atoms with van der Waals surface area (Å²) in [4.78, 5) is 17.3. The number of guanidine groups is 1. The lowest BCUT2D eigenvalue weighted by atomic mass is 10.2. The van der Waals surface area contributed by atoms with Crippen molar-refractivity contribution < 1.29 is 14.3 Å². The fourth-order valence-electron chi connectivity index (χ4n) is 2.02. The molecule has 1 aromatic rings. The van der Waals surface area contributed by atoms with Crippen LogP contribution in [0, 0.1) is 0 Å². The van der Waals surface area contributed by atoms with Crippen molar-refractivity contribution in [1.29, 1.82) is 0 Å². The Morgan fingerprint density at radius 1 is 1.28 bits per heavy atom. The number of halogens is 2. The number of benzene rings is 1. The molecular weight excluding hydrogens is 457 g/mol. The first-order chi connectivity index (χ1) is 11.6. The van der Waals surface area contributed by atoms with Crippen LogP contribution in [0.1, 0.15) is 19.3 Å². The van der Waals surface area contributed by atoms with E-state index in [2.05, 4.69) is 15.0 Å². The highest BCUT2D eigenvalue weighted by molar-refractivity contribution is 14.0. The first-order valence-corrected chi connectivity index (χ1v) is 8.31. The van der Waals surface area contributed by atoms with Crippen LogP contribution >= 0.6 is 35.6 Å². The monoisotopic (exact) mass is 483 g/mol. The molecule has 0 saturated carbocycles. The molecule has 0 aliphatic heterocycles. The summed E-state index contributed by atoms with van der Waals surface area (Å²) >= 11 is 5.84. The minimum Gasteiger partial charge on any atom is -0.492 e. The van der Waals surface area contributed by atoms with Gasteiger partial charge in [0.05, 0.1) is 13.7 Å². The maximum absolute atomic E-state index is 11.0.